The van der Waals surface area contributed by atoms with Gasteiger partial charge in [0.1, 0.15) is 0 Å². The number of amides is 2. The zero-order chi connectivity index (χ0) is 18.1. The van der Waals surface area contributed by atoms with Gasteiger partial charge in [-0.3, -0.25) is 14.2 Å². The monoisotopic (exact) mass is 401 g/mol. The number of aromatic hydroxyl groups is 2. The lowest BCUT2D eigenvalue weighted by molar-refractivity contribution is 0.0947. The highest BCUT2D eigenvalue weighted by molar-refractivity contribution is 9.10. The maximum Gasteiger partial charge on any atom is 0.295 e. The van der Waals surface area contributed by atoms with Crippen LogP contribution >= 0.6 is 15.9 Å². The van der Waals surface area contributed by atoms with Gasteiger partial charge in [0.05, 0.1) is 0 Å². The fraction of sp³-hybridized carbons (Fsp3) is 0.0588. The largest absolute Gasteiger partial charge is 0.494 e. The predicted octanol–water partition coefficient (Wildman–Crippen LogP) is 3.78. The number of carbonyl (C=O) groups is 2. The average Bonchev–Trinajstić information content (AvgIpc) is 2.84. The van der Waals surface area contributed by atoms with Crippen molar-refractivity contribution in [2.24, 2.45) is 17.3 Å². The van der Waals surface area contributed by atoms with Gasteiger partial charge in [-0.1, -0.05) is 15.9 Å². The van der Waals surface area contributed by atoms with Gasteiger partial charge in [-0.05, 0) is 42.5 Å². The third-order valence-electron chi connectivity index (χ3n) is 3.71. The number of benzene rings is 2. The van der Waals surface area contributed by atoms with Crippen LogP contribution in [0.2, 0.25) is 0 Å². The predicted molar refractivity (Wildman–Crippen MR) is 93.9 cm³/mol. The fourth-order valence-electron chi connectivity index (χ4n) is 2.32. The highest BCUT2D eigenvalue weighted by atomic mass is 79.9. The van der Waals surface area contributed by atoms with Crippen molar-refractivity contribution in [1.29, 1.82) is 0 Å². The van der Waals surface area contributed by atoms with E-state index in [9.17, 15) is 19.8 Å². The Morgan fingerprint density at radius 1 is 0.880 bits per heavy atom. The van der Waals surface area contributed by atoms with Gasteiger partial charge in [-0.15, -0.1) is 10.2 Å². The maximum absolute atomic E-state index is 12.1. The molecule has 0 saturated carbocycles. The van der Waals surface area contributed by atoms with Crippen molar-refractivity contribution in [2.75, 3.05) is 0 Å². The van der Waals surface area contributed by atoms with E-state index in [2.05, 4.69) is 26.2 Å². The normalized spacial score (nSPS) is 11.3. The SMILES string of the molecule is Cn1c(O)c2ccc(C(=O)N=NC(=O)c3ccc(Br)cc3)cc2c1O. The molecule has 1 heterocycles. The van der Waals surface area contributed by atoms with Gasteiger partial charge in [0.2, 0.25) is 11.8 Å². The number of hydrogen-bond acceptors (Lipinski definition) is 4. The molecule has 25 heavy (non-hydrogen) atoms. The van der Waals surface area contributed by atoms with Gasteiger partial charge in [0.15, 0.2) is 0 Å². The van der Waals surface area contributed by atoms with E-state index in [1.54, 1.807) is 24.3 Å². The molecule has 0 fully saturated rings. The molecule has 0 aliphatic heterocycles. The minimum Gasteiger partial charge on any atom is -0.494 e. The summed E-state index contributed by atoms with van der Waals surface area (Å²) >= 11 is 3.26. The fourth-order valence-corrected chi connectivity index (χ4v) is 2.58. The summed E-state index contributed by atoms with van der Waals surface area (Å²) in [6.45, 7) is 0. The van der Waals surface area contributed by atoms with E-state index in [0.717, 1.165) is 4.47 Å². The van der Waals surface area contributed by atoms with E-state index in [-0.39, 0.29) is 17.3 Å². The highest BCUT2D eigenvalue weighted by Gasteiger charge is 2.15. The van der Waals surface area contributed by atoms with Crippen molar-refractivity contribution in [2.45, 2.75) is 0 Å². The summed E-state index contributed by atoms with van der Waals surface area (Å²) in [5.41, 5.74) is 0.446. The molecule has 7 nitrogen and oxygen atoms in total. The van der Waals surface area contributed by atoms with Gasteiger partial charge < -0.3 is 10.2 Å². The Morgan fingerprint density at radius 3 is 2.04 bits per heavy atom. The van der Waals surface area contributed by atoms with E-state index in [1.165, 1.54) is 29.8 Å². The Kier molecular flexibility index (Phi) is 4.37. The Morgan fingerprint density at radius 2 is 1.40 bits per heavy atom. The average molecular weight is 402 g/mol. The molecule has 0 bridgehead atoms. The molecule has 0 radical (unpaired) electrons. The highest BCUT2D eigenvalue weighted by Crippen LogP contribution is 2.35. The van der Waals surface area contributed by atoms with Crippen LogP contribution in [-0.2, 0) is 7.05 Å². The minimum absolute atomic E-state index is 0.112. The van der Waals surface area contributed by atoms with Crippen LogP contribution in [0, 0.1) is 0 Å². The molecular weight excluding hydrogens is 390 g/mol. The molecule has 1 aromatic heterocycles. The van der Waals surface area contributed by atoms with Crippen molar-refractivity contribution in [1.82, 2.24) is 4.57 Å². The molecule has 126 valence electrons. The first-order valence-corrected chi connectivity index (χ1v) is 7.94. The van der Waals surface area contributed by atoms with Gasteiger partial charge in [0.25, 0.3) is 11.8 Å². The molecular formula is C17H12BrN3O4. The smallest absolute Gasteiger partial charge is 0.295 e. The van der Waals surface area contributed by atoms with Crippen molar-refractivity contribution >= 4 is 38.5 Å². The van der Waals surface area contributed by atoms with Crippen LogP contribution in [0.25, 0.3) is 10.8 Å². The molecule has 0 atom stereocenters. The van der Waals surface area contributed by atoms with Crippen molar-refractivity contribution in [3.05, 3.63) is 58.1 Å². The Balaban J connectivity index is 1.85. The number of aromatic nitrogens is 1. The van der Waals surface area contributed by atoms with Crippen molar-refractivity contribution < 1.29 is 19.8 Å². The first-order chi connectivity index (χ1) is 11.9. The van der Waals surface area contributed by atoms with Crippen molar-refractivity contribution in [3.8, 4) is 11.8 Å². The maximum atomic E-state index is 12.1. The third kappa shape index (κ3) is 3.16. The molecule has 3 aromatic rings. The Labute approximate surface area is 150 Å². The van der Waals surface area contributed by atoms with Gasteiger partial charge in [0, 0.05) is 33.4 Å². The lowest BCUT2D eigenvalue weighted by Gasteiger charge is -1.97. The van der Waals surface area contributed by atoms with E-state index in [4.69, 9.17) is 0 Å². The van der Waals surface area contributed by atoms with Crippen LogP contribution in [0.4, 0.5) is 0 Å². The molecule has 0 unspecified atom stereocenters. The van der Waals surface area contributed by atoms with Gasteiger partial charge in [-0.25, -0.2) is 0 Å². The van der Waals surface area contributed by atoms with Crippen LogP contribution in [0.3, 0.4) is 0 Å². The molecule has 0 spiro atoms. The summed E-state index contributed by atoms with van der Waals surface area (Å²) in [5, 5.41) is 27.4. The van der Waals surface area contributed by atoms with E-state index < -0.39 is 11.8 Å². The Bertz CT molecular complexity index is 1020. The summed E-state index contributed by atoms with van der Waals surface area (Å²) in [7, 11) is 1.49. The Hall–Kier alpha value is -3.00. The zero-order valence-corrected chi connectivity index (χ0v) is 14.6. The second kappa shape index (κ2) is 6.48. The van der Waals surface area contributed by atoms with E-state index >= 15 is 0 Å². The summed E-state index contributed by atoms with van der Waals surface area (Å²) in [6, 6.07) is 10.8. The zero-order valence-electron chi connectivity index (χ0n) is 13.0. The van der Waals surface area contributed by atoms with Crippen LogP contribution in [0.1, 0.15) is 20.7 Å². The molecule has 0 aliphatic rings. The van der Waals surface area contributed by atoms with Crippen LogP contribution in [-0.4, -0.2) is 26.6 Å². The second-order valence-electron chi connectivity index (χ2n) is 5.28. The second-order valence-corrected chi connectivity index (χ2v) is 6.20. The molecule has 0 saturated heterocycles. The van der Waals surface area contributed by atoms with Gasteiger partial charge in [-0.2, -0.15) is 0 Å². The first-order valence-electron chi connectivity index (χ1n) is 7.15. The van der Waals surface area contributed by atoms with Crippen LogP contribution in [0.15, 0.2) is 57.2 Å². The quantitative estimate of drug-likeness (QED) is 0.637. The molecule has 8 heteroatoms. The van der Waals surface area contributed by atoms with E-state index in [1.807, 2.05) is 0 Å². The molecule has 0 aliphatic carbocycles. The van der Waals surface area contributed by atoms with Crippen LogP contribution < -0.4 is 0 Å². The van der Waals surface area contributed by atoms with E-state index in [0.29, 0.717) is 16.3 Å². The number of fused-ring (bicyclic) bond motifs is 1. The lowest BCUT2D eigenvalue weighted by atomic mass is 10.1. The van der Waals surface area contributed by atoms with Gasteiger partial charge >= 0.3 is 0 Å². The third-order valence-corrected chi connectivity index (χ3v) is 4.24. The number of rotatable bonds is 2. The molecule has 3 rings (SSSR count). The molecule has 2 aromatic carbocycles. The topological polar surface area (TPSA) is 104 Å². The van der Waals surface area contributed by atoms with Crippen molar-refractivity contribution in [3.63, 3.8) is 0 Å². The summed E-state index contributed by atoms with van der Waals surface area (Å²) in [4.78, 5) is 24.0. The lowest BCUT2D eigenvalue weighted by Crippen LogP contribution is -1.97. The molecule has 2 N–H and O–H groups in total. The first kappa shape index (κ1) is 16.8. The summed E-state index contributed by atoms with van der Waals surface area (Å²) in [6.07, 6.45) is 0. The molecule has 2 amide bonds. The number of hydrogen-bond donors (Lipinski definition) is 2. The van der Waals surface area contributed by atoms with Crippen LogP contribution in [0.5, 0.6) is 11.8 Å². The number of halogens is 1. The minimum atomic E-state index is -0.727. The number of nitrogens with zero attached hydrogens (tertiary/aromatic N) is 3. The number of carbonyl (C=O) groups excluding carboxylic acids is 2. The number of azo groups is 1. The standard InChI is InChI=1S/C17H12BrN3O4/c1-21-16(24)12-7-4-10(8-13(12)17(21)25)15(23)20-19-14(22)9-2-5-11(18)6-3-9/h2-8,24-25H,1H3. The summed E-state index contributed by atoms with van der Waals surface area (Å²) in [5.74, 6) is -1.65. The summed E-state index contributed by atoms with van der Waals surface area (Å²) < 4.78 is 2.01.